The summed E-state index contributed by atoms with van der Waals surface area (Å²) in [6.45, 7) is 8.05. The minimum atomic E-state index is 0.0654. The van der Waals surface area contributed by atoms with Crippen molar-refractivity contribution < 1.29 is 4.79 Å². The average Bonchev–Trinajstić information content (AvgIpc) is 2.80. The SMILES string of the molecule is C/C=C/CN1CN(C)CN(c2snc(CC)c2C)C1=O. The normalized spacial score (nSPS) is 17.5. The summed E-state index contributed by atoms with van der Waals surface area (Å²) in [4.78, 5) is 18.4. The molecule has 0 bridgehead atoms. The van der Waals surface area contributed by atoms with Crippen LogP contribution in [0.2, 0.25) is 0 Å². The molecule has 20 heavy (non-hydrogen) atoms. The predicted octanol–water partition coefficient (Wildman–Crippen LogP) is 2.68. The first-order chi connectivity index (χ1) is 9.58. The molecule has 1 fully saturated rings. The zero-order valence-electron chi connectivity index (χ0n) is 12.6. The van der Waals surface area contributed by atoms with Gasteiger partial charge >= 0.3 is 6.03 Å². The zero-order chi connectivity index (χ0) is 14.7. The number of aromatic nitrogens is 1. The zero-order valence-corrected chi connectivity index (χ0v) is 13.4. The monoisotopic (exact) mass is 294 g/mol. The molecule has 0 aromatic carbocycles. The molecule has 0 unspecified atom stereocenters. The van der Waals surface area contributed by atoms with Crippen molar-refractivity contribution in [3.8, 4) is 0 Å². The van der Waals surface area contributed by atoms with Crippen LogP contribution in [0.25, 0.3) is 0 Å². The van der Waals surface area contributed by atoms with Crippen LogP contribution in [0.1, 0.15) is 25.1 Å². The van der Waals surface area contributed by atoms with E-state index in [1.807, 2.05) is 35.9 Å². The highest BCUT2D eigenvalue weighted by Crippen LogP contribution is 2.30. The van der Waals surface area contributed by atoms with E-state index >= 15 is 0 Å². The molecule has 1 aromatic rings. The molecule has 2 rings (SSSR count). The van der Waals surface area contributed by atoms with Gasteiger partial charge in [-0.2, -0.15) is 4.37 Å². The second kappa shape index (κ2) is 6.37. The number of amides is 2. The van der Waals surface area contributed by atoms with Crippen LogP contribution in [0, 0.1) is 6.92 Å². The largest absolute Gasteiger partial charge is 0.327 e. The maximum atomic E-state index is 12.6. The molecule has 0 N–H and O–H groups in total. The summed E-state index contributed by atoms with van der Waals surface area (Å²) >= 11 is 1.42. The molecule has 1 aliphatic rings. The van der Waals surface area contributed by atoms with Crippen LogP contribution in [0.4, 0.5) is 9.80 Å². The standard InChI is InChI=1S/C14H22N4OS/c1-5-7-8-17-9-16(4)10-18(14(17)19)13-11(3)12(6-2)15-20-13/h5,7H,6,8-10H2,1-4H3/b7-5+. The van der Waals surface area contributed by atoms with Crippen molar-refractivity contribution in [2.45, 2.75) is 27.2 Å². The quantitative estimate of drug-likeness (QED) is 0.802. The van der Waals surface area contributed by atoms with E-state index in [1.54, 1.807) is 0 Å². The lowest BCUT2D eigenvalue weighted by Gasteiger charge is -2.39. The summed E-state index contributed by atoms with van der Waals surface area (Å²) in [5, 5.41) is 0.976. The number of carbonyl (C=O) groups is 1. The summed E-state index contributed by atoms with van der Waals surface area (Å²) < 4.78 is 4.45. The number of carbonyl (C=O) groups excluding carboxylic acids is 1. The first kappa shape index (κ1) is 15.0. The second-order valence-electron chi connectivity index (χ2n) is 5.05. The Kier molecular flexibility index (Phi) is 4.77. The molecule has 0 spiro atoms. The van der Waals surface area contributed by atoms with Gasteiger partial charge in [0.2, 0.25) is 0 Å². The van der Waals surface area contributed by atoms with Gasteiger partial charge in [-0.15, -0.1) is 0 Å². The minimum absolute atomic E-state index is 0.0654. The van der Waals surface area contributed by atoms with Gasteiger partial charge in [0, 0.05) is 12.1 Å². The molecule has 1 saturated heterocycles. The van der Waals surface area contributed by atoms with Crippen molar-refractivity contribution in [2.24, 2.45) is 0 Å². The van der Waals surface area contributed by atoms with Gasteiger partial charge in [-0.3, -0.25) is 9.80 Å². The molecule has 2 amide bonds. The van der Waals surface area contributed by atoms with Crippen LogP contribution in [0.5, 0.6) is 0 Å². The molecule has 1 aliphatic heterocycles. The number of hydrogen-bond donors (Lipinski definition) is 0. The fourth-order valence-electron chi connectivity index (χ4n) is 2.33. The molecule has 1 aromatic heterocycles. The summed E-state index contributed by atoms with van der Waals surface area (Å²) in [7, 11) is 2.03. The molecule has 6 heteroatoms. The third kappa shape index (κ3) is 2.86. The molecule has 110 valence electrons. The molecule has 0 aliphatic carbocycles. The smallest absolute Gasteiger partial charge is 0.308 e. The highest BCUT2D eigenvalue weighted by atomic mass is 32.1. The Balaban J connectivity index is 2.25. The van der Waals surface area contributed by atoms with Crippen molar-refractivity contribution in [3.63, 3.8) is 0 Å². The predicted molar refractivity (Wildman–Crippen MR) is 83.1 cm³/mol. The van der Waals surface area contributed by atoms with Gasteiger partial charge in [0.25, 0.3) is 0 Å². The molecule has 0 radical (unpaired) electrons. The van der Waals surface area contributed by atoms with Crippen molar-refractivity contribution in [1.82, 2.24) is 14.2 Å². The van der Waals surface area contributed by atoms with E-state index in [4.69, 9.17) is 0 Å². The average molecular weight is 294 g/mol. The Morgan fingerprint density at radius 3 is 2.75 bits per heavy atom. The summed E-state index contributed by atoms with van der Waals surface area (Å²) in [6.07, 6.45) is 4.88. The van der Waals surface area contributed by atoms with E-state index in [-0.39, 0.29) is 6.03 Å². The number of urea groups is 1. The van der Waals surface area contributed by atoms with Gasteiger partial charge in [0.1, 0.15) is 5.00 Å². The topological polar surface area (TPSA) is 39.7 Å². The summed E-state index contributed by atoms with van der Waals surface area (Å²) in [5.41, 5.74) is 2.22. The number of nitrogens with zero attached hydrogens (tertiary/aromatic N) is 4. The number of anilines is 1. The van der Waals surface area contributed by atoms with Gasteiger partial charge < -0.3 is 4.90 Å². The Hall–Kier alpha value is -1.40. The fourth-order valence-corrected chi connectivity index (χ4v) is 3.28. The number of aryl methyl sites for hydroxylation is 1. The van der Waals surface area contributed by atoms with Crippen LogP contribution in [0.3, 0.4) is 0 Å². The third-order valence-electron chi connectivity index (χ3n) is 3.43. The lowest BCUT2D eigenvalue weighted by atomic mass is 10.2. The molecule has 0 atom stereocenters. The van der Waals surface area contributed by atoms with Crippen LogP contribution in [-0.4, -0.2) is 47.1 Å². The third-order valence-corrected chi connectivity index (χ3v) is 4.45. The Morgan fingerprint density at radius 2 is 2.15 bits per heavy atom. The van der Waals surface area contributed by atoms with Gasteiger partial charge in [0.05, 0.1) is 19.0 Å². The van der Waals surface area contributed by atoms with E-state index in [1.165, 1.54) is 11.5 Å². The molecule has 2 heterocycles. The van der Waals surface area contributed by atoms with Crippen molar-refractivity contribution in [1.29, 1.82) is 0 Å². The number of allylic oxidation sites excluding steroid dienone is 1. The van der Waals surface area contributed by atoms with Crippen molar-refractivity contribution in [2.75, 3.05) is 31.8 Å². The van der Waals surface area contributed by atoms with Crippen LogP contribution >= 0.6 is 11.5 Å². The lowest BCUT2D eigenvalue weighted by Crippen LogP contribution is -2.57. The highest BCUT2D eigenvalue weighted by Gasteiger charge is 2.31. The van der Waals surface area contributed by atoms with Gasteiger partial charge in [-0.05, 0) is 38.8 Å². The van der Waals surface area contributed by atoms with Crippen LogP contribution in [-0.2, 0) is 6.42 Å². The number of hydrogen-bond acceptors (Lipinski definition) is 4. The van der Waals surface area contributed by atoms with E-state index in [0.717, 1.165) is 22.7 Å². The Morgan fingerprint density at radius 1 is 1.40 bits per heavy atom. The maximum Gasteiger partial charge on any atom is 0.327 e. The van der Waals surface area contributed by atoms with E-state index in [9.17, 15) is 4.79 Å². The van der Waals surface area contributed by atoms with Gasteiger partial charge in [0.15, 0.2) is 0 Å². The summed E-state index contributed by atoms with van der Waals surface area (Å²) in [5.74, 6) is 0. The minimum Gasteiger partial charge on any atom is -0.308 e. The van der Waals surface area contributed by atoms with E-state index in [2.05, 4.69) is 23.1 Å². The number of rotatable bonds is 4. The highest BCUT2D eigenvalue weighted by molar-refractivity contribution is 7.10. The first-order valence-corrected chi connectivity index (χ1v) is 7.67. The van der Waals surface area contributed by atoms with E-state index in [0.29, 0.717) is 19.9 Å². The lowest BCUT2D eigenvalue weighted by molar-refractivity contribution is 0.140. The molecule has 0 saturated carbocycles. The van der Waals surface area contributed by atoms with Crippen LogP contribution in [0.15, 0.2) is 12.2 Å². The molecular weight excluding hydrogens is 272 g/mol. The first-order valence-electron chi connectivity index (χ1n) is 6.89. The Bertz CT molecular complexity index is 511. The maximum absolute atomic E-state index is 12.6. The Labute approximate surface area is 124 Å². The van der Waals surface area contributed by atoms with Crippen molar-refractivity contribution >= 4 is 22.6 Å². The fraction of sp³-hybridized carbons (Fsp3) is 0.571. The van der Waals surface area contributed by atoms with Crippen molar-refractivity contribution in [3.05, 3.63) is 23.4 Å². The molecule has 5 nitrogen and oxygen atoms in total. The summed E-state index contributed by atoms with van der Waals surface area (Å²) in [6, 6.07) is 0.0654. The van der Waals surface area contributed by atoms with Gasteiger partial charge in [-0.25, -0.2) is 4.79 Å². The van der Waals surface area contributed by atoms with Gasteiger partial charge in [-0.1, -0.05) is 19.1 Å². The molecular formula is C14H22N4OS. The van der Waals surface area contributed by atoms with Crippen LogP contribution < -0.4 is 4.90 Å². The van der Waals surface area contributed by atoms with E-state index < -0.39 is 0 Å². The second-order valence-corrected chi connectivity index (χ2v) is 5.81.